The summed E-state index contributed by atoms with van der Waals surface area (Å²) in [5.74, 6) is 0.281. The van der Waals surface area contributed by atoms with Gasteiger partial charge in [-0.25, -0.2) is 4.98 Å². The van der Waals surface area contributed by atoms with Crippen molar-refractivity contribution in [2.75, 3.05) is 14.2 Å². The lowest BCUT2D eigenvalue weighted by Crippen LogP contribution is -2.25. The number of carbonyl (C=O) groups excluding carboxylic acids is 1. The van der Waals surface area contributed by atoms with E-state index in [9.17, 15) is 4.79 Å². The normalized spacial score (nSPS) is 22.5. The van der Waals surface area contributed by atoms with Gasteiger partial charge in [0, 0.05) is 11.5 Å². The predicted molar refractivity (Wildman–Crippen MR) is 85.8 cm³/mol. The molecule has 0 saturated heterocycles. The number of benzene rings is 1. The maximum atomic E-state index is 12.6. The van der Waals surface area contributed by atoms with Gasteiger partial charge in [0.25, 0.3) is 0 Å². The molecule has 1 aromatic heterocycles. The average Bonchev–Trinajstić information content (AvgIpc) is 3.31. The number of hydrogen-bond donors (Lipinski definition) is 0. The number of nitrogens with zero attached hydrogens (tertiary/aromatic N) is 2. The summed E-state index contributed by atoms with van der Waals surface area (Å²) in [6.45, 7) is 1.98. The fourth-order valence-corrected chi connectivity index (χ4v) is 3.21. The molecule has 2 unspecified atom stereocenters. The van der Waals surface area contributed by atoms with Crippen LogP contribution in [0.5, 0.6) is 5.75 Å². The maximum Gasteiger partial charge on any atom is 0.317 e. The number of rotatable bonds is 4. The van der Waals surface area contributed by atoms with Gasteiger partial charge in [0.2, 0.25) is 0 Å². The number of methoxy groups -OCH3 is 2. The van der Waals surface area contributed by atoms with Crippen molar-refractivity contribution < 1.29 is 14.3 Å². The van der Waals surface area contributed by atoms with Crippen molar-refractivity contribution in [3.05, 3.63) is 52.6 Å². The first-order valence-corrected chi connectivity index (χ1v) is 7.61. The van der Waals surface area contributed by atoms with Crippen LogP contribution < -0.4 is 4.74 Å². The summed E-state index contributed by atoms with van der Waals surface area (Å²) in [6, 6.07) is 5.80. The summed E-state index contributed by atoms with van der Waals surface area (Å²) in [4.78, 5) is 21.0. The van der Waals surface area contributed by atoms with Crippen molar-refractivity contribution in [1.29, 1.82) is 0 Å². The minimum absolute atomic E-state index is 0.101. The maximum absolute atomic E-state index is 12.6. The number of carbonyl (C=O) groups is 1. The van der Waals surface area contributed by atoms with Gasteiger partial charge in [-0.2, -0.15) is 0 Å². The van der Waals surface area contributed by atoms with Crippen LogP contribution in [-0.4, -0.2) is 30.2 Å². The molecule has 2 atom stereocenters. The van der Waals surface area contributed by atoms with Crippen molar-refractivity contribution in [3.8, 4) is 5.75 Å². The summed E-state index contributed by atoms with van der Waals surface area (Å²) >= 11 is 5.80. The van der Waals surface area contributed by atoms with E-state index in [1.54, 1.807) is 13.3 Å². The molecule has 1 saturated carbocycles. The Labute approximate surface area is 139 Å². The fraction of sp³-hybridized carbons (Fsp3) is 0.353. The highest BCUT2D eigenvalue weighted by Crippen LogP contribution is 2.62. The molecule has 1 aliphatic rings. The highest BCUT2D eigenvalue weighted by molar-refractivity contribution is 6.29. The first kappa shape index (κ1) is 15.7. The third-order valence-corrected chi connectivity index (χ3v) is 4.54. The predicted octanol–water partition coefficient (Wildman–Crippen LogP) is 3.05. The zero-order chi connectivity index (χ0) is 16.6. The molecule has 1 aliphatic carbocycles. The molecular weight excluding hydrogens is 316 g/mol. The third-order valence-electron chi connectivity index (χ3n) is 4.34. The Morgan fingerprint density at radius 1 is 1.30 bits per heavy atom. The van der Waals surface area contributed by atoms with Crippen LogP contribution in [0, 0.1) is 6.92 Å². The summed E-state index contributed by atoms with van der Waals surface area (Å²) < 4.78 is 10.5. The van der Waals surface area contributed by atoms with Crippen molar-refractivity contribution in [2.45, 2.75) is 24.7 Å². The lowest BCUT2D eigenvalue weighted by Gasteiger charge is -2.19. The molecule has 1 aromatic carbocycles. The van der Waals surface area contributed by atoms with E-state index in [-0.39, 0.29) is 11.9 Å². The molecule has 0 radical (unpaired) electrons. The first-order valence-electron chi connectivity index (χ1n) is 7.24. The second kappa shape index (κ2) is 5.81. The van der Waals surface area contributed by atoms with Gasteiger partial charge in [-0.05, 0) is 19.4 Å². The minimum Gasteiger partial charge on any atom is -0.496 e. The number of aryl methyl sites for hydroxylation is 1. The molecule has 1 heterocycles. The topological polar surface area (TPSA) is 61.3 Å². The number of ether oxygens (including phenoxy) is 2. The van der Waals surface area contributed by atoms with Gasteiger partial charge >= 0.3 is 5.97 Å². The van der Waals surface area contributed by atoms with Crippen LogP contribution in [0.15, 0.2) is 30.6 Å². The van der Waals surface area contributed by atoms with Crippen LogP contribution in [0.2, 0.25) is 5.15 Å². The Balaban J connectivity index is 2.09. The smallest absolute Gasteiger partial charge is 0.317 e. The van der Waals surface area contributed by atoms with Crippen molar-refractivity contribution >= 4 is 17.6 Å². The number of aromatic nitrogens is 2. The molecule has 23 heavy (non-hydrogen) atoms. The van der Waals surface area contributed by atoms with Crippen LogP contribution in [-0.2, 0) is 14.9 Å². The van der Waals surface area contributed by atoms with Gasteiger partial charge in [-0.3, -0.25) is 9.78 Å². The van der Waals surface area contributed by atoms with Crippen LogP contribution in [0.4, 0.5) is 0 Å². The lowest BCUT2D eigenvalue weighted by atomic mass is 9.90. The Bertz CT molecular complexity index is 748. The van der Waals surface area contributed by atoms with E-state index in [1.807, 2.05) is 25.1 Å². The standard InChI is InChI=1S/C17H17ClN2O3/c1-10-4-5-14(22-2)11(6-10)17(16(21)23-3)7-12(17)13-8-20-15(18)9-19-13/h4-6,8-9,12H,7H2,1-3H3. The van der Waals surface area contributed by atoms with Crippen molar-refractivity contribution in [2.24, 2.45) is 0 Å². The second-order valence-electron chi connectivity index (χ2n) is 5.69. The highest BCUT2D eigenvalue weighted by atomic mass is 35.5. The number of hydrogen-bond acceptors (Lipinski definition) is 5. The van der Waals surface area contributed by atoms with E-state index in [2.05, 4.69) is 9.97 Å². The molecule has 1 fully saturated rings. The highest BCUT2D eigenvalue weighted by Gasteiger charge is 2.64. The zero-order valence-electron chi connectivity index (χ0n) is 13.2. The molecule has 0 bridgehead atoms. The minimum atomic E-state index is -0.783. The van der Waals surface area contributed by atoms with Crippen LogP contribution >= 0.6 is 11.6 Å². The van der Waals surface area contributed by atoms with Crippen LogP contribution in [0.1, 0.15) is 29.2 Å². The van der Waals surface area contributed by atoms with E-state index in [0.717, 1.165) is 16.8 Å². The van der Waals surface area contributed by atoms with E-state index < -0.39 is 5.41 Å². The fourth-order valence-electron chi connectivity index (χ4n) is 3.11. The van der Waals surface area contributed by atoms with E-state index >= 15 is 0 Å². The monoisotopic (exact) mass is 332 g/mol. The Morgan fingerprint density at radius 2 is 2.09 bits per heavy atom. The molecule has 0 spiro atoms. The molecule has 2 aromatic rings. The Hall–Kier alpha value is -2.14. The summed E-state index contributed by atoms with van der Waals surface area (Å²) in [5, 5.41) is 0.325. The molecule has 0 amide bonds. The summed E-state index contributed by atoms with van der Waals surface area (Å²) in [5.41, 5.74) is 1.82. The van der Waals surface area contributed by atoms with Crippen LogP contribution in [0.3, 0.4) is 0 Å². The van der Waals surface area contributed by atoms with Gasteiger partial charge in [0.1, 0.15) is 16.3 Å². The molecule has 0 aliphatic heterocycles. The number of halogens is 1. The molecule has 0 N–H and O–H groups in total. The molecule has 3 rings (SSSR count). The third kappa shape index (κ3) is 2.55. The van der Waals surface area contributed by atoms with E-state index in [1.165, 1.54) is 13.3 Å². The van der Waals surface area contributed by atoms with Gasteiger partial charge in [0.05, 0.1) is 32.3 Å². The summed E-state index contributed by atoms with van der Waals surface area (Å²) in [7, 11) is 2.99. The number of esters is 1. The van der Waals surface area contributed by atoms with Crippen molar-refractivity contribution in [3.63, 3.8) is 0 Å². The van der Waals surface area contributed by atoms with Crippen molar-refractivity contribution in [1.82, 2.24) is 9.97 Å². The molecular formula is C17H17ClN2O3. The quantitative estimate of drug-likeness (QED) is 0.805. The Morgan fingerprint density at radius 3 is 2.70 bits per heavy atom. The Kier molecular flexibility index (Phi) is 3.98. The van der Waals surface area contributed by atoms with Gasteiger partial charge in [-0.15, -0.1) is 0 Å². The lowest BCUT2D eigenvalue weighted by molar-refractivity contribution is -0.143. The molecule has 5 nitrogen and oxygen atoms in total. The molecule has 6 heteroatoms. The van der Waals surface area contributed by atoms with Crippen LogP contribution in [0.25, 0.3) is 0 Å². The zero-order valence-corrected chi connectivity index (χ0v) is 13.9. The van der Waals surface area contributed by atoms with E-state index in [4.69, 9.17) is 21.1 Å². The average molecular weight is 333 g/mol. The van der Waals surface area contributed by atoms with Gasteiger partial charge in [-0.1, -0.05) is 29.3 Å². The van der Waals surface area contributed by atoms with Gasteiger partial charge in [0.15, 0.2) is 0 Å². The summed E-state index contributed by atoms with van der Waals surface area (Å²) in [6.07, 6.45) is 3.71. The van der Waals surface area contributed by atoms with E-state index in [0.29, 0.717) is 17.3 Å². The first-order chi connectivity index (χ1) is 11.0. The second-order valence-corrected chi connectivity index (χ2v) is 6.07. The molecule has 120 valence electrons. The largest absolute Gasteiger partial charge is 0.496 e. The SMILES string of the molecule is COC(=O)C1(c2cc(C)ccc2OC)CC1c1cnc(Cl)cn1. The van der Waals surface area contributed by atoms with Gasteiger partial charge < -0.3 is 9.47 Å².